The van der Waals surface area contributed by atoms with E-state index < -0.39 is 5.97 Å². The summed E-state index contributed by atoms with van der Waals surface area (Å²) in [4.78, 5) is 23.8. The average molecular weight is 265 g/mol. The number of carbonyl (C=O) groups is 2. The van der Waals surface area contributed by atoms with E-state index in [4.69, 9.17) is 9.84 Å². The first-order chi connectivity index (χ1) is 9.13. The second kappa shape index (κ2) is 8.13. The molecule has 0 spiro atoms. The molecule has 0 heterocycles. The molecule has 0 aliphatic rings. The van der Waals surface area contributed by atoms with Gasteiger partial charge in [0.15, 0.2) is 0 Å². The lowest BCUT2D eigenvalue weighted by atomic mass is 10.3. The third-order valence-corrected chi connectivity index (χ3v) is 2.50. The molecule has 0 bridgehead atoms. The van der Waals surface area contributed by atoms with Gasteiger partial charge in [-0.1, -0.05) is 25.1 Å². The molecule has 0 fully saturated rings. The molecule has 5 nitrogen and oxygen atoms in total. The van der Waals surface area contributed by atoms with E-state index in [1.54, 1.807) is 0 Å². The van der Waals surface area contributed by atoms with Crippen molar-refractivity contribution < 1.29 is 19.4 Å². The molecule has 1 amide bonds. The predicted molar refractivity (Wildman–Crippen MR) is 71.1 cm³/mol. The van der Waals surface area contributed by atoms with E-state index in [0.717, 1.165) is 6.42 Å². The fourth-order valence-corrected chi connectivity index (χ4v) is 1.66. The Hall–Kier alpha value is -2.04. The van der Waals surface area contributed by atoms with Crippen molar-refractivity contribution in [3.63, 3.8) is 0 Å². The number of carboxylic acid groups (broad SMARTS) is 1. The highest BCUT2D eigenvalue weighted by Gasteiger charge is 2.15. The zero-order valence-corrected chi connectivity index (χ0v) is 11.0. The third-order valence-electron chi connectivity index (χ3n) is 2.50. The van der Waals surface area contributed by atoms with E-state index in [9.17, 15) is 9.59 Å². The standard InChI is InChI=1S/C14H19NO4/c1-2-9-15(11-14(17)18)13(16)8-10-19-12-6-4-3-5-7-12/h3-7H,2,8-11H2,1H3,(H,17,18). The first-order valence-corrected chi connectivity index (χ1v) is 6.31. The number of hydrogen-bond donors (Lipinski definition) is 1. The second-order valence-corrected chi connectivity index (χ2v) is 4.12. The molecule has 0 aliphatic heterocycles. The summed E-state index contributed by atoms with van der Waals surface area (Å²) in [6, 6.07) is 9.21. The maximum absolute atomic E-state index is 11.8. The lowest BCUT2D eigenvalue weighted by molar-refractivity contribution is -0.144. The maximum Gasteiger partial charge on any atom is 0.323 e. The number of para-hydroxylation sites is 1. The van der Waals surface area contributed by atoms with Gasteiger partial charge in [0.1, 0.15) is 12.3 Å². The van der Waals surface area contributed by atoms with Gasteiger partial charge in [-0.25, -0.2) is 0 Å². The average Bonchev–Trinajstić information content (AvgIpc) is 2.39. The number of carbonyl (C=O) groups excluding carboxylic acids is 1. The topological polar surface area (TPSA) is 66.8 Å². The van der Waals surface area contributed by atoms with E-state index in [2.05, 4.69) is 0 Å². The Morgan fingerprint density at radius 1 is 1.26 bits per heavy atom. The molecule has 0 radical (unpaired) electrons. The van der Waals surface area contributed by atoms with Crippen LogP contribution >= 0.6 is 0 Å². The number of rotatable bonds is 8. The molecule has 1 aromatic rings. The molecule has 0 unspecified atom stereocenters. The van der Waals surface area contributed by atoms with Gasteiger partial charge in [0.05, 0.1) is 13.0 Å². The van der Waals surface area contributed by atoms with Crippen LogP contribution in [0.4, 0.5) is 0 Å². The van der Waals surface area contributed by atoms with Gasteiger partial charge >= 0.3 is 5.97 Å². The highest BCUT2D eigenvalue weighted by molar-refractivity contribution is 5.81. The van der Waals surface area contributed by atoms with Gasteiger partial charge in [-0.15, -0.1) is 0 Å². The van der Waals surface area contributed by atoms with Gasteiger partial charge < -0.3 is 14.7 Å². The van der Waals surface area contributed by atoms with Crippen LogP contribution in [0.2, 0.25) is 0 Å². The number of benzene rings is 1. The molecule has 0 aromatic heterocycles. The van der Waals surface area contributed by atoms with Gasteiger partial charge in [-0.3, -0.25) is 9.59 Å². The van der Waals surface area contributed by atoms with E-state index in [0.29, 0.717) is 12.3 Å². The van der Waals surface area contributed by atoms with Crippen LogP contribution in [0.5, 0.6) is 5.75 Å². The minimum Gasteiger partial charge on any atom is -0.493 e. The van der Waals surface area contributed by atoms with Crippen LogP contribution in [0.3, 0.4) is 0 Å². The Kier molecular flexibility index (Phi) is 6.43. The Morgan fingerprint density at radius 3 is 2.53 bits per heavy atom. The number of amides is 1. The lowest BCUT2D eigenvalue weighted by Crippen LogP contribution is -2.36. The zero-order chi connectivity index (χ0) is 14.1. The molecule has 1 aromatic carbocycles. The minimum absolute atomic E-state index is 0.183. The molecule has 0 aliphatic carbocycles. The molecule has 104 valence electrons. The van der Waals surface area contributed by atoms with Crippen LogP contribution in [0.1, 0.15) is 19.8 Å². The third kappa shape index (κ3) is 5.90. The first kappa shape index (κ1) is 15.0. The van der Waals surface area contributed by atoms with E-state index in [1.165, 1.54) is 4.90 Å². The summed E-state index contributed by atoms with van der Waals surface area (Å²) in [5.41, 5.74) is 0. The van der Waals surface area contributed by atoms with Crippen LogP contribution in [0, 0.1) is 0 Å². The minimum atomic E-state index is -0.995. The number of ether oxygens (including phenoxy) is 1. The van der Waals surface area contributed by atoms with Crippen molar-refractivity contribution in [1.82, 2.24) is 4.90 Å². The van der Waals surface area contributed by atoms with Crippen LogP contribution in [0.25, 0.3) is 0 Å². The Labute approximate surface area is 112 Å². The normalized spacial score (nSPS) is 9.95. The van der Waals surface area contributed by atoms with Crippen molar-refractivity contribution in [3.05, 3.63) is 30.3 Å². The quantitative estimate of drug-likeness (QED) is 0.778. The Balaban J connectivity index is 2.37. The SMILES string of the molecule is CCCN(CC(=O)O)C(=O)CCOc1ccccc1. The van der Waals surface area contributed by atoms with Crippen molar-refractivity contribution >= 4 is 11.9 Å². The van der Waals surface area contributed by atoms with Gasteiger partial charge in [-0.2, -0.15) is 0 Å². The molecule has 1 rings (SSSR count). The smallest absolute Gasteiger partial charge is 0.323 e. The Bertz CT molecular complexity index is 405. The summed E-state index contributed by atoms with van der Waals surface area (Å²) in [7, 11) is 0. The van der Waals surface area contributed by atoms with Gasteiger partial charge in [0.2, 0.25) is 5.91 Å². The number of nitrogens with zero attached hydrogens (tertiary/aromatic N) is 1. The molecule has 5 heteroatoms. The summed E-state index contributed by atoms with van der Waals surface area (Å²) in [6.45, 7) is 2.36. The van der Waals surface area contributed by atoms with Gasteiger partial charge in [0, 0.05) is 6.54 Å². The number of aliphatic carboxylic acids is 1. The van der Waals surface area contributed by atoms with Crippen LogP contribution in [0.15, 0.2) is 30.3 Å². The summed E-state index contributed by atoms with van der Waals surface area (Å²) >= 11 is 0. The Morgan fingerprint density at radius 2 is 1.95 bits per heavy atom. The summed E-state index contributed by atoms with van der Waals surface area (Å²) in [6.07, 6.45) is 0.917. The lowest BCUT2D eigenvalue weighted by Gasteiger charge is -2.19. The first-order valence-electron chi connectivity index (χ1n) is 6.31. The van der Waals surface area contributed by atoms with Crippen LogP contribution in [-0.2, 0) is 9.59 Å². The molecule has 0 saturated carbocycles. The monoisotopic (exact) mass is 265 g/mol. The van der Waals surface area contributed by atoms with Gasteiger partial charge in [0.25, 0.3) is 0 Å². The fourth-order valence-electron chi connectivity index (χ4n) is 1.66. The summed E-state index contributed by atoms with van der Waals surface area (Å²) in [5.74, 6) is -0.485. The van der Waals surface area contributed by atoms with Crippen molar-refractivity contribution in [1.29, 1.82) is 0 Å². The maximum atomic E-state index is 11.8. The number of carboxylic acids is 1. The van der Waals surface area contributed by atoms with Crippen molar-refractivity contribution in [2.45, 2.75) is 19.8 Å². The highest BCUT2D eigenvalue weighted by Crippen LogP contribution is 2.08. The van der Waals surface area contributed by atoms with Crippen molar-refractivity contribution in [2.75, 3.05) is 19.7 Å². The molecule has 1 N–H and O–H groups in total. The largest absolute Gasteiger partial charge is 0.493 e. The molecule has 0 atom stereocenters. The predicted octanol–water partition coefficient (Wildman–Crippen LogP) is 1.78. The summed E-state index contributed by atoms with van der Waals surface area (Å²) < 4.78 is 5.42. The van der Waals surface area contributed by atoms with E-state index in [-0.39, 0.29) is 25.5 Å². The van der Waals surface area contributed by atoms with Crippen LogP contribution < -0.4 is 4.74 Å². The highest BCUT2D eigenvalue weighted by atomic mass is 16.5. The fraction of sp³-hybridized carbons (Fsp3) is 0.429. The second-order valence-electron chi connectivity index (χ2n) is 4.12. The molecule has 19 heavy (non-hydrogen) atoms. The molecule has 0 saturated heterocycles. The van der Waals surface area contributed by atoms with E-state index in [1.807, 2.05) is 37.3 Å². The van der Waals surface area contributed by atoms with Crippen molar-refractivity contribution in [2.24, 2.45) is 0 Å². The molecular formula is C14H19NO4. The van der Waals surface area contributed by atoms with Crippen LogP contribution in [-0.4, -0.2) is 41.6 Å². The van der Waals surface area contributed by atoms with Gasteiger partial charge in [-0.05, 0) is 18.6 Å². The van der Waals surface area contributed by atoms with E-state index >= 15 is 0 Å². The summed E-state index contributed by atoms with van der Waals surface area (Å²) in [5, 5.41) is 8.74. The zero-order valence-electron chi connectivity index (χ0n) is 11.0. The van der Waals surface area contributed by atoms with Crippen molar-refractivity contribution in [3.8, 4) is 5.75 Å². The molecular weight excluding hydrogens is 246 g/mol. The number of hydrogen-bond acceptors (Lipinski definition) is 3.